The number of piperidine rings is 1. The second-order valence-electron chi connectivity index (χ2n) is 6.79. The van der Waals surface area contributed by atoms with Crippen LogP contribution in [0.4, 0.5) is 25.0 Å². The summed E-state index contributed by atoms with van der Waals surface area (Å²) in [5.74, 6) is -0.799. The first-order valence-corrected chi connectivity index (χ1v) is 9.38. The largest absolute Gasteiger partial charge is 0.444 e. The zero-order valence-electron chi connectivity index (χ0n) is 15.6. The molecule has 3 aromatic rings. The first-order valence-electron chi connectivity index (χ1n) is 9.38. The number of carbonyl (C=O) groups is 1. The van der Waals surface area contributed by atoms with Gasteiger partial charge in [-0.1, -0.05) is 6.07 Å². The normalized spacial score (nSPS) is 14.6. The molecule has 2 N–H and O–H groups in total. The van der Waals surface area contributed by atoms with Crippen molar-refractivity contribution in [1.29, 1.82) is 0 Å². The summed E-state index contributed by atoms with van der Waals surface area (Å²) < 4.78 is 33.1. The molecule has 0 bridgehead atoms. The Balaban J connectivity index is 1.62. The van der Waals surface area contributed by atoms with Crippen molar-refractivity contribution >= 4 is 17.4 Å². The van der Waals surface area contributed by atoms with Crippen molar-refractivity contribution in [2.45, 2.75) is 18.9 Å². The van der Waals surface area contributed by atoms with Crippen LogP contribution in [0.3, 0.4) is 0 Å². The van der Waals surface area contributed by atoms with E-state index in [-0.39, 0.29) is 17.5 Å². The van der Waals surface area contributed by atoms with Crippen molar-refractivity contribution in [3.63, 3.8) is 0 Å². The number of benzene rings is 2. The van der Waals surface area contributed by atoms with Crippen LogP contribution in [0.5, 0.6) is 0 Å². The number of oxazole rings is 1. The van der Waals surface area contributed by atoms with Crippen LogP contribution in [0.2, 0.25) is 0 Å². The van der Waals surface area contributed by atoms with Crippen LogP contribution in [-0.2, 0) is 0 Å². The predicted molar refractivity (Wildman–Crippen MR) is 106 cm³/mol. The minimum atomic E-state index is -0.509. The Hall–Kier alpha value is -3.26. The fraction of sp³-hybridized carbons (Fsp3) is 0.238. The second-order valence-corrected chi connectivity index (χ2v) is 6.79. The Kier molecular flexibility index (Phi) is 5.53. The van der Waals surface area contributed by atoms with Gasteiger partial charge in [0, 0.05) is 17.4 Å². The summed E-state index contributed by atoms with van der Waals surface area (Å²) in [5.41, 5.74) is 1.01. The summed E-state index contributed by atoms with van der Waals surface area (Å²) in [6, 6.07) is 9.63. The quantitative estimate of drug-likeness (QED) is 0.683. The van der Waals surface area contributed by atoms with Gasteiger partial charge in [-0.15, -0.1) is 0 Å². The molecule has 0 unspecified atom stereocenters. The Labute approximate surface area is 166 Å². The highest BCUT2D eigenvalue weighted by Crippen LogP contribution is 2.27. The highest BCUT2D eigenvalue weighted by molar-refractivity contribution is 6.02. The van der Waals surface area contributed by atoms with E-state index in [1.54, 1.807) is 17.0 Å². The number of amides is 2. The summed E-state index contributed by atoms with van der Waals surface area (Å²) in [5, 5.41) is 6.05. The standard InChI is InChI=1S/C21H20F2N4O2/c22-14-2-1-3-17(12-14)27(16-6-8-24-9-7-16)21(28)26-15-4-5-19(23)18(13-15)20-25-10-11-29-20/h1-5,10-13,16,24H,6-9H2,(H,26,28). The van der Waals surface area contributed by atoms with Gasteiger partial charge in [0.25, 0.3) is 0 Å². The predicted octanol–water partition coefficient (Wildman–Crippen LogP) is 4.41. The van der Waals surface area contributed by atoms with E-state index in [0.717, 1.165) is 25.9 Å². The molecule has 6 nitrogen and oxygen atoms in total. The molecule has 2 heterocycles. The lowest BCUT2D eigenvalue weighted by Gasteiger charge is -2.34. The van der Waals surface area contributed by atoms with E-state index >= 15 is 0 Å². The van der Waals surface area contributed by atoms with E-state index in [0.29, 0.717) is 11.4 Å². The molecule has 0 radical (unpaired) electrons. The number of carbonyl (C=O) groups excluding carboxylic acids is 1. The highest BCUT2D eigenvalue weighted by Gasteiger charge is 2.27. The monoisotopic (exact) mass is 398 g/mol. The molecule has 1 saturated heterocycles. The van der Waals surface area contributed by atoms with E-state index in [1.807, 2.05) is 0 Å². The van der Waals surface area contributed by atoms with Gasteiger partial charge in [0.1, 0.15) is 17.9 Å². The lowest BCUT2D eigenvalue weighted by molar-refractivity contribution is 0.252. The fourth-order valence-electron chi connectivity index (χ4n) is 3.49. The number of anilines is 2. The molecule has 8 heteroatoms. The first-order chi connectivity index (χ1) is 14.1. The van der Waals surface area contributed by atoms with Crippen molar-refractivity contribution in [3.05, 3.63) is 66.6 Å². The molecule has 2 aromatic carbocycles. The molecule has 1 aliphatic rings. The Morgan fingerprint density at radius 1 is 1.17 bits per heavy atom. The smallest absolute Gasteiger partial charge is 0.326 e. The number of hydrogen-bond donors (Lipinski definition) is 2. The number of hydrogen-bond acceptors (Lipinski definition) is 4. The van der Waals surface area contributed by atoms with E-state index < -0.39 is 17.7 Å². The third kappa shape index (κ3) is 4.27. The maximum Gasteiger partial charge on any atom is 0.326 e. The van der Waals surface area contributed by atoms with Gasteiger partial charge in [-0.25, -0.2) is 18.6 Å². The third-order valence-corrected chi connectivity index (χ3v) is 4.86. The number of aromatic nitrogens is 1. The molecule has 0 spiro atoms. The Bertz CT molecular complexity index is 988. The van der Waals surface area contributed by atoms with Crippen molar-refractivity contribution in [2.75, 3.05) is 23.3 Å². The van der Waals surface area contributed by atoms with Gasteiger partial charge in [-0.05, 0) is 62.3 Å². The molecule has 1 aromatic heterocycles. The zero-order chi connectivity index (χ0) is 20.2. The molecule has 0 saturated carbocycles. The summed E-state index contributed by atoms with van der Waals surface area (Å²) in [7, 11) is 0. The van der Waals surface area contributed by atoms with E-state index in [1.165, 1.54) is 42.8 Å². The lowest BCUT2D eigenvalue weighted by atomic mass is 10.0. The maximum atomic E-state index is 14.2. The van der Waals surface area contributed by atoms with Crippen LogP contribution in [-0.4, -0.2) is 30.1 Å². The summed E-state index contributed by atoms with van der Waals surface area (Å²) in [4.78, 5) is 18.7. The van der Waals surface area contributed by atoms with Gasteiger partial charge in [0.2, 0.25) is 5.89 Å². The van der Waals surface area contributed by atoms with E-state index in [4.69, 9.17) is 4.42 Å². The maximum absolute atomic E-state index is 14.2. The van der Waals surface area contributed by atoms with Crippen LogP contribution in [0.1, 0.15) is 12.8 Å². The van der Waals surface area contributed by atoms with Crippen LogP contribution < -0.4 is 15.5 Å². The van der Waals surface area contributed by atoms with Gasteiger partial charge in [-0.2, -0.15) is 0 Å². The molecular formula is C21H20F2N4O2. The van der Waals surface area contributed by atoms with Gasteiger partial charge in [-0.3, -0.25) is 4.90 Å². The van der Waals surface area contributed by atoms with Crippen molar-refractivity contribution in [2.24, 2.45) is 0 Å². The number of nitrogens with one attached hydrogen (secondary N) is 2. The van der Waals surface area contributed by atoms with Crippen LogP contribution in [0.15, 0.2) is 59.3 Å². The zero-order valence-corrected chi connectivity index (χ0v) is 15.6. The highest BCUT2D eigenvalue weighted by atomic mass is 19.1. The minimum Gasteiger partial charge on any atom is -0.444 e. The first kappa shape index (κ1) is 19.1. The van der Waals surface area contributed by atoms with Crippen LogP contribution in [0.25, 0.3) is 11.5 Å². The average Bonchev–Trinajstić information content (AvgIpc) is 3.25. The van der Waals surface area contributed by atoms with Crippen LogP contribution in [0, 0.1) is 11.6 Å². The van der Waals surface area contributed by atoms with Crippen molar-refractivity contribution < 1.29 is 18.0 Å². The molecule has 150 valence electrons. The van der Waals surface area contributed by atoms with Gasteiger partial charge in [0.05, 0.1) is 11.8 Å². The molecule has 2 amide bonds. The lowest BCUT2D eigenvalue weighted by Crippen LogP contribution is -2.48. The average molecular weight is 398 g/mol. The second kappa shape index (κ2) is 8.40. The van der Waals surface area contributed by atoms with Crippen molar-refractivity contribution in [1.82, 2.24) is 10.3 Å². The van der Waals surface area contributed by atoms with Crippen LogP contribution >= 0.6 is 0 Å². The summed E-state index contributed by atoms with van der Waals surface area (Å²) in [6.45, 7) is 1.54. The summed E-state index contributed by atoms with van der Waals surface area (Å²) >= 11 is 0. The molecule has 1 aliphatic heterocycles. The molecular weight excluding hydrogens is 378 g/mol. The SMILES string of the molecule is O=C(Nc1ccc(F)c(-c2ncco2)c1)N(c1cccc(F)c1)C1CCNCC1. The van der Waals surface area contributed by atoms with Gasteiger partial charge >= 0.3 is 6.03 Å². The number of halogens is 2. The Morgan fingerprint density at radius 3 is 2.72 bits per heavy atom. The number of nitrogens with zero attached hydrogens (tertiary/aromatic N) is 2. The molecule has 4 rings (SSSR count). The topological polar surface area (TPSA) is 70.4 Å². The molecule has 1 fully saturated rings. The molecule has 29 heavy (non-hydrogen) atoms. The third-order valence-electron chi connectivity index (χ3n) is 4.86. The minimum absolute atomic E-state index is 0.0790. The van der Waals surface area contributed by atoms with E-state index in [9.17, 15) is 13.6 Å². The van der Waals surface area contributed by atoms with Crippen molar-refractivity contribution in [3.8, 4) is 11.5 Å². The fourth-order valence-corrected chi connectivity index (χ4v) is 3.49. The van der Waals surface area contributed by atoms with Gasteiger partial charge in [0.15, 0.2) is 0 Å². The van der Waals surface area contributed by atoms with E-state index in [2.05, 4.69) is 15.6 Å². The van der Waals surface area contributed by atoms with Gasteiger partial charge < -0.3 is 15.1 Å². The molecule has 0 aliphatic carbocycles. The summed E-state index contributed by atoms with van der Waals surface area (Å²) in [6.07, 6.45) is 4.26. The molecule has 0 atom stereocenters. The Morgan fingerprint density at radius 2 is 2.00 bits per heavy atom. The number of rotatable bonds is 4. The number of urea groups is 1.